The fourth-order valence-corrected chi connectivity index (χ4v) is 11.2. The fraction of sp³-hybridized carbons (Fsp3) is 0.301. The molecule has 0 fully saturated rings. The van der Waals surface area contributed by atoms with E-state index in [-0.39, 0.29) is 71.4 Å². The van der Waals surface area contributed by atoms with Gasteiger partial charge < -0.3 is 9.47 Å². The Hall–Kier alpha value is -4.76. The first-order valence-electron chi connectivity index (χ1n) is 27.2. The van der Waals surface area contributed by atoms with Gasteiger partial charge in [-0.25, -0.2) is 4.79 Å². The zero-order valence-corrected chi connectivity index (χ0v) is 56.4. The summed E-state index contributed by atoms with van der Waals surface area (Å²) in [6, 6.07) is 35.7. The first kappa shape index (κ1) is 64.1. The molecule has 0 spiro atoms. The van der Waals surface area contributed by atoms with Crippen LogP contribution >= 0.6 is 0 Å². The van der Waals surface area contributed by atoms with E-state index in [0.29, 0.717) is 5.56 Å². The maximum atomic E-state index is 12.3. The van der Waals surface area contributed by atoms with Gasteiger partial charge in [-0.1, -0.05) is 84.9 Å². The van der Waals surface area contributed by atoms with Crippen molar-refractivity contribution < 1.29 is 79.7 Å². The molecule has 0 heterocycles. The second kappa shape index (κ2) is 27.1. The summed E-state index contributed by atoms with van der Waals surface area (Å²) in [5.74, 6) is 0.622. The number of aryl methyl sites for hydroxylation is 2. The van der Waals surface area contributed by atoms with Gasteiger partial charge in [-0.15, -0.1) is 0 Å². The first-order chi connectivity index (χ1) is 36.0. The van der Waals surface area contributed by atoms with Gasteiger partial charge in [0.25, 0.3) is 0 Å². The molecule has 400 valence electrons. The van der Waals surface area contributed by atoms with Crippen LogP contribution in [0.15, 0.2) is 97.1 Å². The molecule has 8 aromatic carbocycles. The number of esters is 1. The van der Waals surface area contributed by atoms with E-state index in [1.807, 2.05) is 19.9 Å². The predicted molar refractivity (Wildman–Crippen MR) is 324 cm³/mol. The summed E-state index contributed by atoms with van der Waals surface area (Å²) >= 11 is 0. The zero-order chi connectivity index (χ0) is 55.6. The molecule has 0 bridgehead atoms. The van der Waals surface area contributed by atoms with Gasteiger partial charge >= 0.3 is 5.97 Å². The molecule has 2 radical (unpaired) electrons. The van der Waals surface area contributed by atoms with Gasteiger partial charge in [0.05, 0.1) is 11.3 Å². The first-order valence-corrected chi connectivity index (χ1v) is 27.2. The molecule has 78 heavy (non-hydrogen) atoms. The number of hydrogen-bond donors (Lipinski definition) is 0. The van der Waals surface area contributed by atoms with Crippen LogP contribution in [0.2, 0.25) is 0 Å². The molecule has 0 aliphatic heterocycles. The summed E-state index contributed by atoms with van der Waals surface area (Å²) in [5, 5.41) is 0. The summed E-state index contributed by atoms with van der Waals surface area (Å²) in [7, 11) is 0. The van der Waals surface area contributed by atoms with Crippen molar-refractivity contribution >= 4 is 5.97 Å². The Bertz CT molecular complexity index is 3550. The minimum Gasteiger partial charge on any atom is -0.662 e. The standard InChI is InChI=1S/C37H41O2.C36H41O.2Y/c1-11-39-37(38)36-19-18-35(28(9)29(36)10)34-17-14-31(24(5)27(34)8)20-30-13-16-33(26(7)23(30)4)32-15-12-21(2)22(3)25(32)6;1-11-37-36-19-18-35(28(9)29(36)10)34-17-14-31(24(5)27(34)8)20-30-13-16-33(26(7)23(30)4)32-15-12-21(2)22(3)25(32)6;;/h11-19H,20H2,1-10H3;11-19H,20H2,1-10H3;;/q2*-1;;. The molecular formula is C73H82O3Y2-2. The summed E-state index contributed by atoms with van der Waals surface area (Å²) in [6.07, 6.45) is 1.85. The smallest absolute Gasteiger partial charge is 0.306 e. The number of hydrogen-bond acceptors (Lipinski definition) is 3. The van der Waals surface area contributed by atoms with Crippen LogP contribution in [0.3, 0.4) is 0 Å². The minimum atomic E-state index is -0.308. The van der Waals surface area contributed by atoms with Gasteiger partial charge in [0.1, 0.15) is 0 Å². The molecule has 0 N–H and O–H groups in total. The van der Waals surface area contributed by atoms with Crippen molar-refractivity contribution in [1.82, 2.24) is 0 Å². The van der Waals surface area contributed by atoms with E-state index >= 15 is 0 Å². The molecular weight excluding hydrogens is 1100 g/mol. The van der Waals surface area contributed by atoms with Gasteiger partial charge in [-0.2, -0.15) is 27.1 Å². The summed E-state index contributed by atoms with van der Waals surface area (Å²) in [4.78, 5) is 12.3. The summed E-state index contributed by atoms with van der Waals surface area (Å²) < 4.78 is 10.8. The van der Waals surface area contributed by atoms with Crippen LogP contribution in [-0.2, 0) is 83.0 Å². The number of carbonyl (C=O) groups is 1. The largest absolute Gasteiger partial charge is 0.662 e. The Morgan fingerprint density at radius 3 is 0.897 bits per heavy atom. The van der Waals surface area contributed by atoms with E-state index in [0.717, 1.165) is 35.3 Å². The molecule has 8 aromatic rings. The maximum Gasteiger partial charge on any atom is 0.306 e. The van der Waals surface area contributed by atoms with Crippen molar-refractivity contribution in [2.75, 3.05) is 0 Å². The van der Waals surface area contributed by atoms with E-state index in [4.69, 9.17) is 9.47 Å². The predicted octanol–water partition coefficient (Wildman–Crippen LogP) is 19.7. The van der Waals surface area contributed by atoms with Gasteiger partial charge in [0, 0.05) is 65.4 Å². The Balaban J connectivity index is 0.000000281. The zero-order valence-electron chi connectivity index (χ0n) is 50.7. The third-order valence-electron chi connectivity index (χ3n) is 17.9. The van der Waals surface area contributed by atoms with Gasteiger partial charge in [0.2, 0.25) is 0 Å². The van der Waals surface area contributed by atoms with Crippen molar-refractivity contribution in [3.05, 3.63) is 238 Å². The average Bonchev–Trinajstić information content (AvgIpc) is 3.40. The third-order valence-corrected chi connectivity index (χ3v) is 17.9. The molecule has 5 heteroatoms. The number of carbonyl (C=O) groups excluding carboxylic acids is 1. The van der Waals surface area contributed by atoms with E-state index in [1.54, 1.807) is 13.5 Å². The van der Waals surface area contributed by atoms with Crippen LogP contribution in [0.5, 0.6) is 5.75 Å². The van der Waals surface area contributed by atoms with Gasteiger partial charge in [-0.05, 0) is 317 Å². The quantitative estimate of drug-likeness (QED) is 0.0903. The second-order valence-electron chi connectivity index (χ2n) is 21.6. The van der Waals surface area contributed by atoms with E-state index in [2.05, 4.69) is 209 Å². The van der Waals surface area contributed by atoms with Crippen molar-refractivity contribution in [3.63, 3.8) is 0 Å². The molecule has 0 unspecified atom stereocenters. The van der Waals surface area contributed by atoms with Crippen LogP contribution in [0.1, 0.15) is 147 Å². The van der Waals surface area contributed by atoms with Crippen LogP contribution < -0.4 is 4.74 Å². The van der Waals surface area contributed by atoms with E-state index in [1.165, 1.54) is 157 Å². The van der Waals surface area contributed by atoms with Crippen molar-refractivity contribution in [3.8, 4) is 50.3 Å². The van der Waals surface area contributed by atoms with Crippen LogP contribution in [-0.4, -0.2) is 5.97 Å². The normalized spacial score (nSPS) is 10.9. The van der Waals surface area contributed by atoms with Crippen molar-refractivity contribution in [2.24, 2.45) is 0 Å². The fourth-order valence-electron chi connectivity index (χ4n) is 11.2. The van der Waals surface area contributed by atoms with Gasteiger partial charge in [0.15, 0.2) is 0 Å². The Labute approximate surface area is 520 Å². The summed E-state index contributed by atoms with van der Waals surface area (Å²) in [6.45, 7) is 46.6. The van der Waals surface area contributed by atoms with Crippen LogP contribution in [0, 0.1) is 138 Å². The Kier molecular flexibility index (Phi) is 22.3. The monoisotopic (exact) mass is 1180 g/mol. The van der Waals surface area contributed by atoms with E-state index < -0.39 is 0 Å². The Morgan fingerprint density at radius 2 is 0.577 bits per heavy atom. The molecule has 0 aliphatic carbocycles. The molecule has 3 nitrogen and oxygen atoms in total. The maximum absolute atomic E-state index is 12.3. The molecule has 0 saturated carbocycles. The molecule has 0 aliphatic rings. The molecule has 0 atom stereocenters. The molecule has 0 amide bonds. The second-order valence-corrected chi connectivity index (χ2v) is 21.6. The SMILES string of the molecule is C[CH-]OC(=O)c1ccc(-c2ccc(Cc3ccc(-c4ccc(C)c(C)c4C)c(C)c3C)c(C)c2C)c(C)c1C.C[CH-]Oc1ccc(-c2ccc(Cc3ccc(-c4ccc(C)c(C)c4C)c(C)c3C)c(C)c2C)c(C)c1C.[Y].[Y]. The molecule has 0 aromatic heterocycles. The molecule has 8 rings (SSSR count). The summed E-state index contributed by atoms with van der Waals surface area (Å²) in [5.41, 5.74) is 40.1. The van der Waals surface area contributed by atoms with Gasteiger partial charge in [-0.3, -0.25) is 0 Å². The van der Waals surface area contributed by atoms with Crippen LogP contribution in [0.25, 0.3) is 44.5 Å². The Morgan fingerprint density at radius 1 is 0.308 bits per heavy atom. The third kappa shape index (κ3) is 12.9. The van der Waals surface area contributed by atoms with Crippen LogP contribution in [0.4, 0.5) is 0 Å². The average molecular weight is 1190 g/mol. The number of rotatable bonds is 12. The van der Waals surface area contributed by atoms with Crippen molar-refractivity contribution in [2.45, 2.75) is 151 Å². The minimum absolute atomic E-state index is 0. The number of benzene rings is 8. The number of ether oxygens (including phenoxy) is 2. The van der Waals surface area contributed by atoms with Crippen molar-refractivity contribution in [1.29, 1.82) is 0 Å². The molecule has 0 saturated heterocycles. The topological polar surface area (TPSA) is 35.5 Å². The van der Waals surface area contributed by atoms with E-state index in [9.17, 15) is 4.79 Å².